The van der Waals surface area contributed by atoms with Gasteiger partial charge in [-0.15, -0.1) is 0 Å². The zero-order valence-corrected chi connectivity index (χ0v) is 15.5. The minimum atomic E-state index is -0.534. The third-order valence-electron chi connectivity index (χ3n) is 4.19. The van der Waals surface area contributed by atoms with Crippen molar-refractivity contribution in [3.05, 3.63) is 76.1 Å². The third kappa shape index (κ3) is 4.12. The number of anilines is 4. The fourth-order valence-electron chi connectivity index (χ4n) is 2.77. The van der Waals surface area contributed by atoms with Crippen molar-refractivity contribution in [2.45, 2.75) is 20.3 Å². The molecular formula is C20H19N5O3. The van der Waals surface area contributed by atoms with Gasteiger partial charge in [-0.25, -0.2) is 9.97 Å². The number of Topliss-reactive ketones (excluding diaryl/α,β-unsaturated/α-hetero) is 1. The number of nitrogens with zero attached hydrogens (tertiary/aromatic N) is 3. The highest BCUT2D eigenvalue weighted by Crippen LogP contribution is 2.33. The number of aryl methyl sites for hydroxylation is 1. The second-order valence-electron chi connectivity index (χ2n) is 6.07. The molecule has 28 heavy (non-hydrogen) atoms. The Balaban J connectivity index is 1.99. The Labute approximate surface area is 161 Å². The lowest BCUT2D eigenvalue weighted by Gasteiger charge is -2.12. The van der Waals surface area contributed by atoms with Crippen LogP contribution in [-0.2, 0) is 6.42 Å². The molecule has 0 saturated carbocycles. The van der Waals surface area contributed by atoms with Crippen molar-refractivity contribution in [2.24, 2.45) is 0 Å². The number of carbonyl (C=O) groups is 1. The molecule has 0 fully saturated rings. The SMILES string of the molecule is CCc1ccccc1Nc1ncnc(Nc2cccc(C(C)=O)c2)c1[N+](=O)[O-]. The van der Waals surface area contributed by atoms with Crippen LogP contribution in [0.25, 0.3) is 0 Å². The lowest BCUT2D eigenvalue weighted by Crippen LogP contribution is -2.06. The molecule has 0 spiro atoms. The Bertz CT molecular complexity index is 1040. The van der Waals surface area contributed by atoms with Crippen LogP contribution in [0.1, 0.15) is 29.8 Å². The van der Waals surface area contributed by atoms with Crippen molar-refractivity contribution in [2.75, 3.05) is 10.6 Å². The highest BCUT2D eigenvalue weighted by molar-refractivity contribution is 5.95. The molecule has 3 aromatic rings. The molecule has 0 unspecified atom stereocenters. The van der Waals surface area contributed by atoms with Crippen molar-refractivity contribution >= 4 is 34.5 Å². The number of para-hydroxylation sites is 1. The van der Waals surface area contributed by atoms with Crippen LogP contribution in [0.2, 0.25) is 0 Å². The normalized spacial score (nSPS) is 10.4. The molecule has 3 rings (SSSR count). The molecule has 2 N–H and O–H groups in total. The number of nitrogens with one attached hydrogen (secondary N) is 2. The topological polar surface area (TPSA) is 110 Å². The second-order valence-corrected chi connectivity index (χ2v) is 6.07. The number of hydrogen-bond donors (Lipinski definition) is 2. The van der Waals surface area contributed by atoms with Crippen LogP contribution in [-0.4, -0.2) is 20.7 Å². The van der Waals surface area contributed by atoms with Crippen LogP contribution in [0.3, 0.4) is 0 Å². The number of benzene rings is 2. The Morgan fingerprint density at radius 3 is 2.46 bits per heavy atom. The molecule has 1 heterocycles. The van der Waals surface area contributed by atoms with Crippen LogP contribution in [0.5, 0.6) is 0 Å². The van der Waals surface area contributed by atoms with Gasteiger partial charge in [-0.3, -0.25) is 14.9 Å². The summed E-state index contributed by atoms with van der Waals surface area (Å²) in [5, 5.41) is 17.7. The summed E-state index contributed by atoms with van der Waals surface area (Å²) in [7, 11) is 0. The lowest BCUT2D eigenvalue weighted by molar-refractivity contribution is -0.383. The molecule has 0 bridgehead atoms. The molecule has 1 aromatic heterocycles. The maximum Gasteiger partial charge on any atom is 0.353 e. The first kappa shape index (κ1) is 19.0. The summed E-state index contributed by atoms with van der Waals surface area (Å²) in [6.07, 6.45) is 2.02. The number of hydrogen-bond acceptors (Lipinski definition) is 7. The van der Waals surface area contributed by atoms with Gasteiger partial charge in [0.15, 0.2) is 5.78 Å². The molecule has 142 valence electrons. The molecule has 8 heteroatoms. The number of carbonyl (C=O) groups excluding carboxylic acids is 1. The van der Waals surface area contributed by atoms with Crippen molar-refractivity contribution in [1.82, 2.24) is 9.97 Å². The molecule has 2 aromatic carbocycles. The minimum Gasteiger partial charge on any atom is -0.334 e. The largest absolute Gasteiger partial charge is 0.353 e. The van der Waals surface area contributed by atoms with Gasteiger partial charge in [0.25, 0.3) is 0 Å². The summed E-state index contributed by atoms with van der Waals surface area (Å²) in [6.45, 7) is 3.46. The molecule has 0 aliphatic rings. The van der Waals surface area contributed by atoms with Gasteiger partial charge in [0, 0.05) is 16.9 Å². The van der Waals surface area contributed by atoms with Gasteiger partial charge in [-0.05, 0) is 37.1 Å². The number of ketones is 1. The summed E-state index contributed by atoms with van der Waals surface area (Å²) < 4.78 is 0. The van der Waals surface area contributed by atoms with Crippen molar-refractivity contribution in [3.8, 4) is 0 Å². The van der Waals surface area contributed by atoms with Crippen molar-refractivity contribution in [3.63, 3.8) is 0 Å². The predicted octanol–water partition coefficient (Wildman–Crippen LogP) is 4.64. The quantitative estimate of drug-likeness (QED) is 0.351. The van der Waals surface area contributed by atoms with Crippen molar-refractivity contribution in [1.29, 1.82) is 0 Å². The Hall–Kier alpha value is -3.81. The van der Waals surface area contributed by atoms with E-state index in [-0.39, 0.29) is 23.1 Å². The summed E-state index contributed by atoms with van der Waals surface area (Å²) in [5.41, 5.74) is 2.50. The minimum absolute atomic E-state index is 0.0391. The van der Waals surface area contributed by atoms with Crippen LogP contribution < -0.4 is 10.6 Å². The highest BCUT2D eigenvalue weighted by Gasteiger charge is 2.24. The van der Waals surface area contributed by atoms with Crippen LogP contribution in [0, 0.1) is 10.1 Å². The van der Waals surface area contributed by atoms with Gasteiger partial charge in [-0.2, -0.15) is 0 Å². The molecule has 0 amide bonds. The van der Waals surface area contributed by atoms with Gasteiger partial charge >= 0.3 is 5.69 Å². The average Bonchev–Trinajstić information content (AvgIpc) is 2.68. The van der Waals surface area contributed by atoms with E-state index in [2.05, 4.69) is 20.6 Å². The molecule has 0 saturated heterocycles. The van der Waals surface area contributed by atoms with Crippen LogP contribution in [0.15, 0.2) is 54.9 Å². The Kier molecular flexibility index (Phi) is 5.59. The summed E-state index contributed by atoms with van der Waals surface area (Å²) in [4.78, 5) is 30.9. The number of aromatic nitrogens is 2. The monoisotopic (exact) mass is 377 g/mol. The molecule has 0 atom stereocenters. The van der Waals surface area contributed by atoms with E-state index in [1.54, 1.807) is 24.3 Å². The van der Waals surface area contributed by atoms with Gasteiger partial charge in [0.1, 0.15) is 6.33 Å². The first-order chi connectivity index (χ1) is 13.5. The number of nitro groups is 1. The van der Waals surface area contributed by atoms with Gasteiger partial charge in [-0.1, -0.05) is 37.3 Å². The van der Waals surface area contributed by atoms with E-state index >= 15 is 0 Å². The molecule has 8 nitrogen and oxygen atoms in total. The molecular weight excluding hydrogens is 358 g/mol. The third-order valence-corrected chi connectivity index (χ3v) is 4.19. The number of rotatable bonds is 7. The maximum atomic E-state index is 11.7. The Morgan fingerprint density at radius 2 is 1.79 bits per heavy atom. The van der Waals surface area contributed by atoms with Crippen LogP contribution >= 0.6 is 0 Å². The summed E-state index contributed by atoms with van der Waals surface area (Å²) >= 11 is 0. The maximum absolute atomic E-state index is 11.7. The standard InChI is InChI=1S/C20H19N5O3/c1-3-14-7-4-5-10-17(14)24-20-18(25(27)28)19(21-12-22-20)23-16-9-6-8-15(11-16)13(2)26/h4-12H,3H2,1-2H3,(H2,21,22,23,24). The molecule has 0 aliphatic carbocycles. The van der Waals surface area contributed by atoms with E-state index in [1.807, 2.05) is 31.2 Å². The lowest BCUT2D eigenvalue weighted by atomic mass is 10.1. The summed E-state index contributed by atoms with van der Waals surface area (Å²) in [6, 6.07) is 14.2. The smallest absolute Gasteiger partial charge is 0.334 e. The van der Waals surface area contributed by atoms with E-state index < -0.39 is 4.92 Å². The van der Waals surface area contributed by atoms with Crippen molar-refractivity contribution < 1.29 is 9.72 Å². The molecule has 0 radical (unpaired) electrons. The zero-order valence-electron chi connectivity index (χ0n) is 15.5. The first-order valence-corrected chi connectivity index (χ1v) is 8.72. The van der Waals surface area contributed by atoms with E-state index in [0.717, 1.165) is 17.7 Å². The van der Waals surface area contributed by atoms with Gasteiger partial charge < -0.3 is 10.6 Å². The average molecular weight is 377 g/mol. The van der Waals surface area contributed by atoms with Crippen LogP contribution in [0.4, 0.5) is 28.7 Å². The van der Waals surface area contributed by atoms with E-state index in [4.69, 9.17) is 0 Å². The highest BCUT2D eigenvalue weighted by atomic mass is 16.6. The second kappa shape index (κ2) is 8.26. The Morgan fingerprint density at radius 1 is 1.07 bits per heavy atom. The van der Waals surface area contributed by atoms with E-state index in [1.165, 1.54) is 13.3 Å². The fraction of sp³-hybridized carbons (Fsp3) is 0.150. The van der Waals surface area contributed by atoms with Gasteiger partial charge in [0.05, 0.1) is 4.92 Å². The zero-order chi connectivity index (χ0) is 20.1. The van der Waals surface area contributed by atoms with E-state index in [0.29, 0.717) is 11.3 Å². The predicted molar refractivity (Wildman–Crippen MR) is 108 cm³/mol. The fourth-order valence-corrected chi connectivity index (χ4v) is 2.77. The first-order valence-electron chi connectivity index (χ1n) is 8.72. The van der Waals surface area contributed by atoms with Gasteiger partial charge in [0.2, 0.25) is 11.6 Å². The van der Waals surface area contributed by atoms with E-state index in [9.17, 15) is 14.9 Å². The molecule has 0 aliphatic heterocycles. The summed E-state index contributed by atoms with van der Waals surface area (Å²) in [5.74, 6) is 0.0302.